The van der Waals surface area contributed by atoms with Gasteiger partial charge in [0.2, 0.25) is 11.8 Å². The van der Waals surface area contributed by atoms with Crippen molar-refractivity contribution in [3.63, 3.8) is 0 Å². The van der Waals surface area contributed by atoms with E-state index in [1.165, 1.54) is 0 Å². The molecule has 2 aromatic carbocycles. The molecule has 0 bridgehead atoms. The second kappa shape index (κ2) is 10.2. The number of aromatic nitrogens is 2. The van der Waals surface area contributed by atoms with Crippen molar-refractivity contribution in [3.8, 4) is 11.1 Å². The quantitative estimate of drug-likeness (QED) is 0.437. The van der Waals surface area contributed by atoms with Crippen LogP contribution in [0.3, 0.4) is 0 Å². The number of hydrogen-bond acceptors (Lipinski definition) is 6. The number of aryl methyl sites for hydroxylation is 1. The van der Waals surface area contributed by atoms with Crippen LogP contribution < -0.4 is 10.6 Å². The Morgan fingerprint density at radius 1 is 1.15 bits per heavy atom. The molecule has 1 aliphatic heterocycles. The number of rotatable bonds is 6. The van der Waals surface area contributed by atoms with E-state index in [9.17, 15) is 19.5 Å². The summed E-state index contributed by atoms with van der Waals surface area (Å²) in [5.74, 6) is -0.256. The lowest BCUT2D eigenvalue weighted by atomic mass is 9.87. The van der Waals surface area contributed by atoms with Crippen LogP contribution in [-0.2, 0) is 24.3 Å². The van der Waals surface area contributed by atoms with Gasteiger partial charge in [-0.25, -0.2) is 9.59 Å². The minimum atomic E-state index is -0.982. The summed E-state index contributed by atoms with van der Waals surface area (Å²) in [5, 5.41) is 19.4. The van der Waals surface area contributed by atoms with E-state index in [0.29, 0.717) is 44.2 Å². The lowest BCUT2D eigenvalue weighted by Crippen LogP contribution is -2.50. The first-order chi connectivity index (χ1) is 18.5. The van der Waals surface area contributed by atoms with Crippen molar-refractivity contribution < 1.29 is 24.0 Å². The van der Waals surface area contributed by atoms with Crippen molar-refractivity contribution in [1.82, 2.24) is 25.7 Å². The Morgan fingerprint density at radius 2 is 1.95 bits per heavy atom. The molecule has 1 saturated carbocycles. The van der Waals surface area contributed by atoms with Gasteiger partial charge in [-0.3, -0.25) is 4.79 Å². The van der Waals surface area contributed by atoms with E-state index in [4.69, 9.17) is 4.52 Å². The van der Waals surface area contributed by atoms with E-state index >= 15 is 0 Å². The highest BCUT2D eigenvalue weighted by Crippen LogP contribution is 2.46. The highest BCUT2D eigenvalue weighted by Gasteiger charge is 2.47. The number of amides is 3. The zero-order chi connectivity index (χ0) is 27.9. The monoisotopic (exact) mass is 531 g/mol. The minimum Gasteiger partial charge on any atom is -0.478 e. The molecule has 0 spiro atoms. The van der Waals surface area contributed by atoms with E-state index in [1.54, 1.807) is 30.0 Å². The van der Waals surface area contributed by atoms with Crippen LogP contribution in [0.15, 0.2) is 40.9 Å². The third-order valence-corrected chi connectivity index (χ3v) is 7.14. The van der Waals surface area contributed by atoms with Gasteiger partial charge in [0.15, 0.2) is 5.82 Å². The van der Waals surface area contributed by atoms with Gasteiger partial charge in [0.05, 0.1) is 17.4 Å². The van der Waals surface area contributed by atoms with E-state index < -0.39 is 5.97 Å². The summed E-state index contributed by atoms with van der Waals surface area (Å²) in [6, 6.07) is 10.7. The van der Waals surface area contributed by atoms with Crippen molar-refractivity contribution in [2.24, 2.45) is 5.92 Å². The fourth-order valence-corrected chi connectivity index (χ4v) is 5.10. The maximum absolute atomic E-state index is 13.0. The maximum atomic E-state index is 13.0. The van der Waals surface area contributed by atoms with Crippen molar-refractivity contribution in [1.29, 1.82) is 0 Å². The van der Waals surface area contributed by atoms with E-state index in [-0.39, 0.29) is 34.9 Å². The van der Waals surface area contributed by atoms with Gasteiger partial charge < -0.3 is 25.2 Å². The summed E-state index contributed by atoms with van der Waals surface area (Å²) in [7, 11) is 0. The number of nitrogens with one attached hydrogen (secondary N) is 2. The molecule has 10 nitrogen and oxygen atoms in total. The third-order valence-electron chi connectivity index (χ3n) is 7.14. The Hall–Kier alpha value is -4.21. The first-order valence-electron chi connectivity index (χ1n) is 13.1. The van der Waals surface area contributed by atoms with E-state index in [0.717, 1.165) is 27.8 Å². The Labute approximate surface area is 226 Å². The summed E-state index contributed by atoms with van der Waals surface area (Å²) in [4.78, 5) is 43.5. The molecule has 5 rings (SSSR count). The molecule has 3 N–H and O–H groups in total. The molecule has 2 aliphatic rings. The number of hydrogen-bond donors (Lipinski definition) is 3. The Morgan fingerprint density at radius 3 is 2.64 bits per heavy atom. The predicted octanol–water partition coefficient (Wildman–Crippen LogP) is 4.03. The van der Waals surface area contributed by atoms with Crippen LogP contribution in [0.25, 0.3) is 11.1 Å². The summed E-state index contributed by atoms with van der Waals surface area (Å²) in [5.41, 5.74) is 4.56. The average molecular weight is 532 g/mol. The van der Waals surface area contributed by atoms with Gasteiger partial charge in [-0.15, -0.1) is 0 Å². The number of carboxylic acid groups (broad SMARTS) is 1. The van der Waals surface area contributed by atoms with Crippen LogP contribution in [0.1, 0.15) is 71.9 Å². The normalized spacial score (nSPS) is 18.3. The molecular weight excluding hydrogens is 498 g/mol. The molecule has 3 amide bonds. The minimum absolute atomic E-state index is 0.0550. The predicted molar refractivity (Wildman–Crippen MR) is 143 cm³/mol. The molecule has 0 radical (unpaired) electrons. The first kappa shape index (κ1) is 26.4. The number of nitrogens with zero attached hydrogens (tertiary/aromatic N) is 3. The van der Waals surface area contributed by atoms with E-state index in [2.05, 4.69) is 20.8 Å². The summed E-state index contributed by atoms with van der Waals surface area (Å²) >= 11 is 0. The van der Waals surface area contributed by atoms with E-state index in [1.807, 2.05) is 39.0 Å². The lowest BCUT2D eigenvalue weighted by molar-refractivity contribution is -0.122. The first-order valence-corrected chi connectivity index (χ1v) is 13.1. The van der Waals surface area contributed by atoms with Gasteiger partial charge >= 0.3 is 12.0 Å². The van der Waals surface area contributed by atoms with Gasteiger partial charge in [0.25, 0.3) is 0 Å². The Bertz CT molecular complexity index is 1440. The van der Waals surface area contributed by atoms with Gasteiger partial charge in [0, 0.05) is 25.2 Å². The number of aromatic carboxylic acids is 1. The molecule has 1 aromatic heterocycles. The van der Waals surface area contributed by atoms with Crippen LogP contribution in [0, 0.1) is 12.8 Å². The highest BCUT2D eigenvalue weighted by atomic mass is 16.5. The third kappa shape index (κ3) is 5.79. The van der Waals surface area contributed by atoms with Crippen molar-refractivity contribution in [3.05, 3.63) is 70.4 Å². The molecule has 2 heterocycles. The number of urea groups is 1. The molecule has 0 unspecified atom stereocenters. The van der Waals surface area contributed by atoms with Gasteiger partial charge in [-0.05, 0) is 80.5 Å². The van der Waals surface area contributed by atoms with Gasteiger partial charge in [-0.2, -0.15) is 4.98 Å². The van der Waals surface area contributed by atoms with Crippen molar-refractivity contribution >= 4 is 17.9 Å². The maximum Gasteiger partial charge on any atom is 0.335 e. The number of carbonyl (C=O) groups excluding carboxylic acids is 2. The topological polar surface area (TPSA) is 138 Å². The average Bonchev–Trinajstić information content (AvgIpc) is 3.58. The highest BCUT2D eigenvalue weighted by molar-refractivity contribution is 5.90. The SMILES string of the molecule is Cc1noc([C@@H]2C[C@@H]2C(=O)NCc2ccc(-c3cccc(C(=O)O)c3)c3c2CN(C(=O)NC(C)(C)C)CC3)n1. The zero-order valence-corrected chi connectivity index (χ0v) is 22.6. The molecule has 204 valence electrons. The Kier molecular flexibility index (Phi) is 6.88. The Balaban J connectivity index is 1.40. The summed E-state index contributed by atoms with van der Waals surface area (Å²) < 4.78 is 5.23. The zero-order valence-electron chi connectivity index (χ0n) is 22.6. The van der Waals surface area contributed by atoms with Gasteiger partial charge in [0.1, 0.15) is 0 Å². The molecule has 0 saturated heterocycles. The van der Waals surface area contributed by atoms with Crippen LogP contribution in [0.4, 0.5) is 4.79 Å². The molecule has 3 aromatic rings. The second-order valence-electron chi connectivity index (χ2n) is 11.3. The fraction of sp³-hybridized carbons (Fsp3) is 0.414. The fourth-order valence-electron chi connectivity index (χ4n) is 5.10. The molecular formula is C29H33N5O5. The summed E-state index contributed by atoms with van der Waals surface area (Å²) in [6.07, 6.45) is 1.29. The molecule has 2 atom stereocenters. The number of fused-ring (bicyclic) bond motifs is 1. The number of benzene rings is 2. The smallest absolute Gasteiger partial charge is 0.335 e. The standard InChI is InChI=1S/C29H33N5O5/c1-16-31-26(39-33-16)23-13-22(23)25(35)30-14-19-8-9-20(17-6-5-7-18(12-17)27(36)37)21-10-11-34(15-24(19)21)28(38)32-29(2,3)4/h5-9,12,22-23H,10-11,13-15H2,1-4H3,(H,30,35)(H,32,38)(H,36,37)/t22-,23+/m0/s1. The lowest BCUT2D eigenvalue weighted by Gasteiger charge is -2.34. The van der Waals surface area contributed by atoms with Crippen LogP contribution in [-0.4, -0.2) is 50.1 Å². The number of carbonyl (C=O) groups is 3. The largest absolute Gasteiger partial charge is 0.478 e. The molecule has 39 heavy (non-hydrogen) atoms. The number of carboxylic acids is 1. The molecule has 10 heteroatoms. The van der Waals surface area contributed by atoms with Crippen molar-refractivity contribution in [2.75, 3.05) is 6.54 Å². The van der Waals surface area contributed by atoms with Crippen LogP contribution >= 0.6 is 0 Å². The second-order valence-corrected chi connectivity index (χ2v) is 11.3. The van der Waals surface area contributed by atoms with Crippen molar-refractivity contribution in [2.45, 2.75) is 65.1 Å². The summed E-state index contributed by atoms with van der Waals surface area (Å²) in [6.45, 7) is 8.82. The molecule has 1 aliphatic carbocycles. The van der Waals surface area contributed by atoms with Gasteiger partial charge in [-0.1, -0.05) is 29.4 Å². The molecule has 1 fully saturated rings. The van der Waals surface area contributed by atoms with Crippen LogP contribution in [0.2, 0.25) is 0 Å². The van der Waals surface area contributed by atoms with Crippen LogP contribution in [0.5, 0.6) is 0 Å².